The van der Waals surface area contributed by atoms with E-state index in [-0.39, 0.29) is 10.8 Å². The quantitative estimate of drug-likeness (QED) is 0.695. The Morgan fingerprint density at radius 1 is 1.08 bits per heavy atom. The topological polar surface area (TPSA) is 71.4 Å². The Balaban J connectivity index is 1.91. The smallest absolute Gasteiger partial charge is 0.251 e. The molecule has 6 nitrogen and oxygen atoms in total. The molecule has 2 aromatic rings. The minimum absolute atomic E-state index is 0.195. The molecule has 1 aromatic carbocycles. The Morgan fingerprint density at radius 3 is 2.24 bits per heavy atom. The molecule has 136 valence electrons. The molecule has 2 rings (SSSR count). The Kier molecular flexibility index (Phi) is 6.78. The molecule has 1 heterocycles. The van der Waals surface area contributed by atoms with Gasteiger partial charge in [0.1, 0.15) is 0 Å². The van der Waals surface area contributed by atoms with Gasteiger partial charge in [-0.2, -0.15) is 4.31 Å². The summed E-state index contributed by atoms with van der Waals surface area (Å²) >= 11 is 0. The van der Waals surface area contributed by atoms with Crippen molar-refractivity contribution in [2.75, 3.05) is 19.6 Å². The summed E-state index contributed by atoms with van der Waals surface area (Å²) in [4.78, 5) is 12.3. The minimum Gasteiger partial charge on any atom is -0.354 e. The molecule has 0 saturated heterocycles. The van der Waals surface area contributed by atoms with Gasteiger partial charge in [-0.25, -0.2) is 8.42 Å². The summed E-state index contributed by atoms with van der Waals surface area (Å²) in [5.41, 5.74) is 0.458. The normalized spacial score (nSPS) is 11.6. The molecule has 0 aliphatic rings. The van der Waals surface area contributed by atoms with Crippen molar-refractivity contribution in [1.82, 2.24) is 14.2 Å². The average molecular weight is 363 g/mol. The predicted octanol–water partition coefficient (Wildman–Crippen LogP) is 2.34. The summed E-state index contributed by atoms with van der Waals surface area (Å²) < 4.78 is 28.3. The van der Waals surface area contributed by atoms with Crippen LogP contribution in [-0.2, 0) is 16.6 Å². The molecule has 0 atom stereocenters. The van der Waals surface area contributed by atoms with E-state index < -0.39 is 10.0 Å². The van der Waals surface area contributed by atoms with Crippen molar-refractivity contribution < 1.29 is 13.2 Å². The monoisotopic (exact) mass is 363 g/mol. The highest BCUT2D eigenvalue weighted by atomic mass is 32.2. The van der Waals surface area contributed by atoms with Gasteiger partial charge in [0, 0.05) is 44.1 Å². The number of carbonyl (C=O) groups is 1. The van der Waals surface area contributed by atoms with Crippen molar-refractivity contribution in [3.8, 4) is 0 Å². The lowest BCUT2D eigenvalue weighted by atomic mass is 10.2. The highest BCUT2D eigenvalue weighted by Gasteiger charge is 2.21. The maximum absolute atomic E-state index is 12.4. The van der Waals surface area contributed by atoms with Gasteiger partial charge < -0.3 is 9.88 Å². The Labute approximate surface area is 149 Å². The van der Waals surface area contributed by atoms with Gasteiger partial charge in [0.25, 0.3) is 5.91 Å². The Bertz CT molecular complexity index is 764. The lowest BCUT2D eigenvalue weighted by Crippen LogP contribution is -2.30. The first-order valence-electron chi connectivity index (χ1n) is 8.48. The van der Waals surface area contributed by atoms with Crippen LogP contribution in [0.2, 0.25) is 0 Å². The van der Waals surface area contributed by atoms with E-state index >= 15 is 0 Å². The van der Waals surface area contributed by atoms with Crippen LogP contribution in [0.1, 0.15) is 30.6 Å². The number of benzene rings is 1. The van der Waals surface area contributed by atoms with Gasteiger partial charge in [-0.15, -0.1) is 0 Å². The van der Waals surface area contributed by atoms with E-state index in [1.807, 2.05) is 24.5 Å². The van der Waals surface area contributed by atoms with Crippen LogP contribution >= 0.6 is 0 Å². The molecule has 25 heavy (non-hydrogen) atoms. The third kappa shape index (κ3) is 4.93. The largest absolute Gasteiger partial charge is 0.354 e. The van der Waals surface area contributed by atoms with Crippen molar-refractivity contribution in [3.63, 3.8) is 0 Å². The molecule has 1 aromatic heterocycles. The standard InChI is InChI=1S/C18H25N3O3S/c1-3-21(4-2)25(23,24)17-10-8-16(9-11-17)18(22)19-12-7-15-20-13-5-6-14-20/h5-6,8-11,13-14H,3-4,7,12,15H2,1-2H3,(H,19,22). The van der Waals surface area contributed by atoms with Crippen LogP contribution in [0.4, 0.5) is 0 Å². The van der Waals surface area contributed by atoms with Crippen molar-refractivity contribution >= 4 is 15.9 Å². The zero-order valence-corrected chi connectivity index (χ0v) is 15.5. The Morgan fingerprint density at radius 2 is 1.68 bits per heavy atom. The van der Waals surface area contributed by atoms with Crippen LogP contribution in [0.15, 0.2) is 53.7 Å². The molecule has 0 aliphatic heterocycles. The molecule has 7 heteroatoms. The molecule has 0 aliphatic carbocycles. The molecule has 0 saturated carbocycles. The van der Waals surface area contributed by atoms with E-state index in [9.17, 15) is 13.2 Å². The van der Waals surface area contributed by atoms with Gasteiger partial charge in [-0.05, 0) is 42.8 Å². The molecule has 0 bridgehead atoms. The molecule has 0 spiro atoms. The zero-order valence-electron chi connectivity index (χ0n) is 14.7. The average Bonchev–Trinajstić information content (AvgIpc) is 3.13. The third-order valence-electron chi connectivity index (χ3n) is 4.00. The number of aromatic nitrogens is 1. The number of sulfonamides is 1. The van der Waals surface area contributed by atoms with Crippen molar-refractivity contribution in [3.05, 3.63) is 54.4 Å². The Hall–Kier alpha value is -2.12. The van der Waals surface area contributed by atoms with Crippen molar-refractivity contribution in [2.45, 2.75) is 31.7 Å². The fourth-order valence-electron chi connectivity index (χ4n) is 2.58. The second-order valence-electron chi connectivity index (χ2n) is 5.64. The maximum Gasteiger partial charge on any atom is 0.251 e. The van der Waals surface area contributed by atoms with Gasteiger partial charge in [-0.1, -0.05) is 13.8 Å². The van der Waals surface area contributed by atoms with Gasteiger partial charge in [-0.3, -0.25) is 4.79 Å². The number of hydrogen-bond acceptors (Lipinski definition) is 3. The lowest BCUT2D eigenvalue weighted by molar-refractivity contribution is 0.0952. The number of aryl methyl sites for hydroxylation is 1. The van der Waals surface area contributed by atoms with E-state index in [1.54, 1.807) is 26.0 Å². The number of hydrogen-bond donors (Lipinski definition) is 1. The van der Waals surface area contributed by atoms with E-state index in [0.29, 0.717) is 25.2 Å². The van der Waals surface area contributed by atoms with Crippen LogP contribution in [0, 0.1) is 0 Å². The maximum atomic E-state index is 12.4. The first-order chi connectivity index (χ1) is 12.0. The minimum atomic E-state index is -3.49. The molecule has 1 N–H and O–H groups in total. The summed E-state index contributed by atoms with van der Waals surface area (Å²) in [5.74, 6) is -0.195. The number of rotatable bonds is 9. The molecule has 0 fully saturated rings. The highest BCUT2D eigenvalue weighted by molar-refractivity contribution is 7.89. The summed E-state index contributed by atoms with van der Waals surface area (Å²) in [7, 11) is -3.49. The second kappa shape index (κ2) is 8.82. The van der Waals surface area contributed by atoms with E-state index in [2.05, 4.69) is 9.88 Å². The van der Waals surface area contributed by atoms with Crippen LogP contribution in [-0.4, -0.2) is 42.8 Å². The predicted molar refractivity (Wildman–Crippen MR) is 97.9 cm³/mol. The van der Waals surface area contributed by atoms with E-state index in [4.69, 9.17) is 0 Å². The van der Waals surface area contributed by atoms with Crippen LogP contribution in [0.3, 0.4) is 0 Å². The third-order valence-corrected chi connectivity index (χ3v) is 6.07. The lowest BCUT2D eigenvalue weighted by Gasteiger charge is -2.18. The van der Waals surface area contributed by atoms with Crippen LogP contribution < -0.4 is 5.32 Å². The van der Waals surface area contributed by atoms with Gasteiger partial charge in [0.2, 0.25) is 10.0 Å². The summed E-state index contributed by atoms with van der Waals surface area (Å²) in [5, 5.41) is 2.85. The molecule has 0 unspecified atom stereocenters. The van der Waals surface area contributed by atoms with Crippen LogP contribution in [0.25, 0.3) is 0 Å². The summed E-state index contributed by atoms with van der Waals surface area (Å²) in [6.45, 7) is 5.85. The van der Waals surface area contributed by atoms with Crippen molar-refractivity contribution in [1.29, 1.82) is 0 Å². The zero-order chi connectivity index (χ0) is 18.3. The van der Waals surface area contributed by atoms with Gasteiger partial charge >= 0.3 is 0 Å². The van der Waals surface area contributed by atoms with Crippen molar-refractivity contribution in [2.24, 2.45) is 0 Å². The number of nitrogens with zero attached hydrogens (tertiary/aromatic N) is 2. The second-order valence-corrected chi connectivity index (χ2v) is 7.58. The first-order valence-corrected chi connectivity index (χ1v) is 9.92. The highest BCUT2D eigenvalue weighted by Crippen LogP contribution is 2.16. The molecule has 0 radical (unpaired) electrons. The summed E-state index contributed by atoms with van der Waals surface area (Å²) in [6, 6.07) is 10.0. The number of carbonyl (C=O) groups excluding carboxylic acids is 1. The number of nitrogens with one attached hydrogen (secondary N) is 1. The van der Waals surface area contributed by atoms with Gasteiger partial charge in [0.15, 0.2) is 0 Å². The SMILES string of the molecule is CCN(CC)S(=O)(=O)c1ccc(C(=O)NCCCn2cccc2)cc1. The first kappa shape index (κ1) is 19.2. The fraction of sp³-hybridized carbons (Fsp3) is 0.389. The number of amides is 1. The molecular formula is C18H25N3O3S. The molecule has 1 amide bonds. The summed E-state index contributed by atoms with van der Waals surface area (Å²) in [6.07, 6.45) is 4.79. The van der Waals surface area contributed by atoms with E-state index in [0.717, 1.165) is 13.0 Å². The fourth-order valence-corrected chi connectivity index (χ4v) is 4.03. The van der Waals surface area contributed by atoms with E-state index in [1.165, 1.54) is 16.4 Å². The van der Waals surface area contributed by atoms with Gasteiger partial charge in [0.05, 0.1) is 4.90 Å². The molecular weight excluding hydrogens is 338 g/mol. The van der Waals surface area contributed by atoms with Crippen LogP contribution in [0.5, 0.6) is 0 Å².